The lowest BCUT2D eigenvalue weighted by atomic mass is 10.2. The lowest BCUT2D eigenvalue weighted by Crippen LogP contribution is -2.32. The average molecular weight is 805 g/mol. The molecule has 1 aromatic rings. The van der Waals surface area contributed by atoms with Crippen molar-refractivity contribution in [2.24, 2.45) is 5.73 Å². The zero-order valence-electron chi connectivity index (χ0n) is 29.6. The van der Waals surface area contributed by atoms with Crippen molar-refractivity contribution < 1.29 is 66.8 Å². The number of carboxylic acid groups (broad SMARTS) is 1. The Hall–Kier alpha value is -1.92. The van der Waals surface area contributed by atoms with Crippen LogP contribution in [0.15, 0.2) is 6.20 Å². The van der Waals surface area contributed by atoms with Gasteiger partial charge in [-0.1, -0.05) is 21.1 Å². The summed E-state index contributed by atoms with van der Waals surface area (Å²) >= 11 is 3.08. The van der Waals surface area contributed by atoms with Gasteiger partial charge in [0.15, 0.2) is 0 Å². The summed E-state index contributed by atoms with van der Waals surface area (Å²) in [6.45, 7) is 11.3. The van der Waals surface area contributed by atoms with Crippen molar-refractivity contribution in [3.8, 4) is 0 Å². The third-order valence-corrected chi connectivity index (χ3v) is 6.72. The number of nitrogens with zero attached hydrogens (tertiary/aromatic N) is 3. The van der Waals surface area contributed by atoms with Crippen LogP contribution < -0.4 is 11.1 Å². The summed E-state index contributed by atoms with van der Waals surface area (Å²) in [5.74, 6) is -1.14. The number of halogens is 1. The van der Waals surface area contributed by atoms with Gasteiger partial charge in [-0.3, -0.25) is 9.59 Å². The maximum Gasteiger partial charge on any atom is 0.320 e. The van der Waals surface area contributed by atoms with Gasteiger partial charge in [0, 0.05) is 19.2 Å². The molecule has 19 nitrogen and oxygen atoms in total. The van der Waals surface area contributed by atoms with Crippen LogP contribution >= 0.6 is 15.9 Å². The molecule has 4 N–H and O–H groups in total. The SMILES string of the molecule is N[C@@H](Cc1cn(CCOCCOCCOCCOCCOCCOCCOCCOCCOCCOCCOCCNC(=O)CBr)nn1)C(=O)O. The van der Waals surface area contributed by atoms with E-state index in [1.54, 1.807) is 10.9 Å². The molecule has 0 saturated heterocycles. The molecule has 20 heteroatoms. The van der Waals surface area contributed by atoms with E-state index in [1.165, 1.54) is 0 Å². The van der Waals surface area contributed by atoms with Crippen LogP contribution in [0.4, 0.5) is 0 Å². The lowest BCUT2D eigenvalue weighted by Gasteiger charge is -2.09. The third kappa shape index (κ3) is 32.5. The van der Waals surface area contributed by atoms with E-state index in [1.807, 2.05) is 0 Å². The summed E-state index contributed by atoms with van der Waals surface area (Å²) in [5.41, 5.74) is 6.02. The fraction of sp³-hybridized carbons (Fsp3) is 0.871. The highest BCUT2D eigenvalue weighted by molar-refractivity contribution is 9.09. The van der Waals surface area contributed by atoms with Gasteiger partial charge in [-0.25, -0.2) is 4.68 Å². The maximum atomic E-state index is 11.0. The van der Waals surface area contributed by atoms with Gasteiger partial charge in [-0.15, -0.1) is 5.10 Å². The zero-order valence-corrected chi connectivity index (χ0v) is 31.2. The van der Waals surface area contributed by atoms with E-state index in [0.717, 1.165) is 0 Å². The van der Waals surface area contributed by atoms with Crippen molar-refractivity contribution in [2.75, 3.05) is 157 Å². The highest BCUT2D eigenvalue weighted by Gasteiger charge is 2.14. The van der Waals surface area contributed by atoms with E-state index in [9.17, 15) is 9.59 Å². The van der Waals surface area contributed by atoms with Crippen LogP contribution in [0.25, 0.3) is 0 Å². The number of nitrogens with one attached hydrogen (secondary N) is 1. The highest BCUT2D eigenvalue weighted by Crippen LogP contribution is 1.98. The fourth-order valence-corrected chi connectivity index (χ4v) is 3.82. The molecule has 0 bridgehead atoms. The Kier molecular flexibility index (Phi) is 33.7. The molecule has 0 aromatic carbocycles. The Morgan fingerprint density at radius 1 is 0.627 bits per heavy atom. The van der Waals surface area contributed by atoms with Gasteiger partial charge in [0.2, 0.25) is 5.91 Å². The van der Waals surface area contributed by atoms with Crippen LogP contribution in [0.3, 0.4) is 0 Å². The predicted octanol–water partition coefficient (Wildman–Crippen LogP) is -1.07. The molecular formula is C31H58BrN5O14. The molecule has 298 valence electrons. The monoisotopic (exact) mass is 803 g/mol. The molecule has 1 heterocycles. The van der Waals surface area contributed by atoms with Crippen molar-refractivity contribution in [1.82, 2.24) is 20.3 Å². The topological polar surface area (TPSA) is 225 Å². The van der Waals surface area contributed by atoms with E-state index in [4.69, 9.17) is 62.9 Å². The molecule has 0 fully saturated rings. The second-order valence-electron chi connectivity index (χ2n) is 10.3. The van der Waals surface area contributed by atoms with Gasteiger partial charge in [-0.05, 0) is 0 Å². The summed E-state index contributed by atoms with van der Waals surface area (Å²) in [6, 6.07) is -0.998. The number of ether oxygens (including phenoxy) is 11. The number of amides is 1. The Bertz CT molecular complexity index is 939. The quantitative estimate of drug-likeness (QED) is 0.0530. The van der Waals surface area contributed by atoms with E-state index >= 15 is 0 Å². The van der Waals surface area contributed by atoms with Gasteiger partial charge < -0.3 is 68.3 Å². The molecule has 51 heavy (non-hydrogen) atoms. The Morgan fingerprint density at radius 3 is 1.29 bits per heavy atom. The Balaban J connectivity index is 1.66. The number of aromatic nitrogens is 3. The summed E-state index contributed by atoms with van der Waals surface area (Å²) in [5, 5.41) is 19.7. The smallest absolute Gasteiger partial charge is 0.320 e. The number of carbonyl (C=O) groups excluding carboxylic acids is 1. The lowest BCUT2D eigenvalue weighted by molar-refractivity contribution is -0.138. The molecule has 0 unspecified atom stereocenters. The molecular weight excluding hydrogens is 746 g/mol. The number of hydrogen-bond donors (Lipinski definition) is 3. The van der Waals surface area contributed by atoms with Crippen LogP contribution in [-0.4, -0.2) is 195 Å². The second-order valence-corrected chi connectivity index (χ2v) is 10.9. The maximum absolute atomic E-state index is 11.0. The van der Waals surface area contributed by atoms with Gasteiger partial charge in [-0.2, -0.15) is 0 Å². The van der Waals surface area contributed by atoms with Crippen LogP contribution in [-0.2, 0) is 74.7 Å². The third-order valence-electron chi connectivity index (χ3n) is 6.21. The molecule has 0 aliphatic carbocycles. The molecule has 1 rings (SSSR count). The molecule has 1 aromatic heterocycles. The number of alkyl halides is 1. The van der Waals surface area contributed by atoms with Crippen molar-refractivity contribution in [3.05, 3.63) is 11.9 Å². The number of aliphatic carboxylic acids is 1. The normalized spacial score (nSPS) is 12.0. The predicted molar refractivity (Wildman–Crippen MR) is 185 cm³/mol. The van der Waals surface area contributed by atoms with Crippen molar-refractivity contribution in [3.63, 3.8) is 0 Å². The Labute approximate surface area is 308 Å². The van der Waals surface area contributed by atoms with E-state index in [2.05, 4.69) is 31.6 Å². The average Bonchev–Trinajstić information content (AvgIpc) is 3.58. The first-order valence-electron chi connectivity index (χ1n) is 17.1. The first-order chi connectivity index (χ1) is 25.0. The first kappa shape index (κ1) is 47.1. The number of hydrogen-bond acceptors (Lipinski definition) is 16. The zero-order chi connectivity index (χ0) is 36.9. The minimum atomic E-state index is -1.07. The van der Waals surface area contributed by atoms with Crippen LogP contribution in [0.5, 0.6) is 0 Å². The van der Waals surface area contributed by atoms with Crippen LogP contribution in [0.2, 0.25) is 0 Å². The summed E-state index contributed by atoms with van der Waals surface area (Å²) in [7, 11) is 0. The first-order valence-corrected chi connectivity index (χ1v) is 18.2. The second kappa shape index (κ2) is 36.4. The summed E-state index contributed by atoms with van der Waals surface area (Å²) in [6.07, 6.45) is 1.79. The van der Waals surface area contributed by atoms with E-state index in [0.29, 0.717) is 164 Å². The van der Waals surface area contributed by atoms with Crippen molar-refractivity contribution >= 4 is 27.8 Å². The summed E-state index contributed by atoms with van der Waals surface area (Å²) in [4.78, 5) is 21.8. The van der Waals surface area contributed by atoms with Crippen molar-refractivity contribution in [1.29, 1.82) is 0 Å². The molecule has 0 aliphatic heterocycles. The van der Waals surface area contributed by atoms with E-state index < -0.39 is 12.0 Å². The fourth-order valence-electron chi connectivity index (χ4n) is 3.62. The Morgan fingerprint density at radius 2 is 0.961 bits per heavy atom. The number of nitrogens with two attached hydrogens (primary N) is 1. The molecule has 0 aliphatic rings. The van der Waals surface area contributed by atoms with Gasteiger partial charge in [0.1, 0.15) is 6.04 Å². The molecule has 1 amide bonds. The number of carboxylic acids is 1. The van der Waals surface area contributed by atoms with Crippen molar-refractivity contribution in [2.45, 2.75) is 19.0 Å². The van der Waals surface area contributed by atoms with Crippen LogP contribution in [0, 0.1) is 0 Å². The molecule has 0 spiro atoms. The minimum absolute atomic E-state index is 0.0631. The highest BCUT2D eigenvalue weighted by atomic mass is 79.9. The van der Waals surface area contributed by atoms with Gasteiger partial charge in [0.05, 0.1) is 163 Å². The number of rotatable bonds is 40. The largest absolute Gasteiger partial charge is 0.480 e. The van der Waals surface area contributed by atoms with Crippen LogP contribution in [0.1, 0.15) is 5.69 Å². The van der Waals surface area contributed by atoms with Gasteiger partial charge >= 0.3 is 5.97 Å². The van der Waals surface area contributed by atoms with E-state index in [-0.39, 0.29) is 17.7 Å². The molecule has 0 radical (unpaired) electrons. The molecule has 1 atom stereocenters. The standard InChI is InChI=1S/C31H58BrN5O14/c32-26-30(38)34-1-3-41-5-7-43-9-11-45-13-15-47-17-19-49-21-23-51-24-22-50-20-18-48-16-14-46-12-10-44-8-6-42-4-2-37-27-28(35-36-37)25-29(33)31(39)40/h27,29H,1-26,33H2,(H,34,38)(H,39,40)/t29-/m0/s1. The van der Waals surface area contributed by atoms with Gasteiger partial charge in [0.25, 0.3) is 0 Å². The minimum Gasteiger partial charge on any atom is -0.480 e. The summed E-state index contributed by atoms with van der Waals surface area (Å²) < 4.78 is 61.6. The number of carbonyl (C=O) groups is 2. The molecule has 0 saturated carbocycles.